The van der Waals surface area contributed by atoms with Crippen molar-refractivity contribution >= 4 is 5.91 Å². The zero-order chi connectivity index (χ0) is 13.4. The Hall–Kier alpha value is -1.42. The van der Waals surface area contributed by atoms with Crippen LogP contribution in [0, 0.1) is 0 Å². The van der Waals surface area contributed by atoms with Crippen molar-refractivity contribution in [1.82, 2.24) is 15.6 Å². The second-order valence-electron chi connectivity index (χ2n) is 4.58. The van der Waals surface area contributed by atoms with Crippen LogP contribution >= 0.6 is 0 Å². The lowest BCUT2D eigenvalue weighted by atomic mass is 10.1. The average molecular weight is 249 g/mol. The molecule has 0 saturated carbocycles. The minimum atomic E-state index is 0.110. The molecule has 0 aliphatic heterocycles. The Morgan fingerprint density at radius 2 is 2.00 bits per heavy atom. The van der Waals surface area contributed by atoms with Gasteiger partial charge in [0.1, 0.15) is 0 Å². The van der Waals surface area contributed by atoms with Crippen molar-refractivity contribution in [1.29, 1.82) is 0 Å². The molecule has 1 aromatic rings. The molecule has 1 amide bonds. The van der Waals surface area contributed by atoms with Crippen LogP contribution in [0.2, 0.25) is 0 Å². The molecule has 2 atom stereocenters. The Morgan fingerprint density at radius 3 is 2.61 bits per heavy atom. The van der Waals surface area contributed by atoms with Gasteiger partial charge in [-0.15, -0.1) is 0 Å². The van der Waals surface area contributed by atoms with Crippen LogP contribution in [0.1, 0.15) is 45.2 Å². The van der Waals surface area contributed by atoms with Crippen LogP contribution in [0.4, 0.5) is 0 Å². The van der Waals surface area contributed by atoms with E-state index in [0.717, 1.165) is 6.42 Å². The van der Waals surface area contributed by atoms with Gasteiger partial charge in [0, 0.05) is 37.4 Å². The van der Waals surface area contributed by atoms with E-state index in [9.17, 15) is 4.79 Å². The minimum absolute atomic E-state index is 0.110. The van der Waals surface area contributed by atoms with E-state index in [1.807, 2.05) is 19.1 Å². The summed E-state index contributed by atoms with van der Waals surface area (Å²) in [6, 6.07) is 4.47. The molecule has 18 heavy (non-hydrogen) atoms. The Kier molecular flexibility index (Phi) is 6.36. The molecule has 0 aromatic carbocycles. The summed E-state index contributed by atoms with van der Waals surface area (Å²) in [6.45, 7) is 6.85. The van der Waals surface area contributed by atoms with Crippen LogP contribution in [-0.4, -0.2) is 23.5 Å². The lowest BCUT2D eigenvalue weighted by Crippen LogP contribution is -2.34. The Morgan fingerprint density at radius 1 is 1.33 bits per heavy atom. The molecule has 1 aromatic heterocycles. The molecule has 0 bridgehead atoms. The van der Waals surface area contributed by atoms with Crippen molar-refractivity contribution in [2.24, 2.45) is 0 Å². The van der Waals surface area contributed by atoms with Gasteiger partial charge in [-0.3, -0.25) is 9.78 Å². The first kappa shape index (κ1) is 14.6. The number of hydrogen-bond acceptors (Lipinski definition) is 3. The Bertz CT molecular complexity index is 353. The molecule has 2 unspecified atom stereocenters. The number of hydrogen-bond donors (Lipinski definition) is 2. The summed E-state index contributed by atoms with van der Waals surface area (Å²) >= 11 is 0. The zero-order valence-electron chi connectivity index (χ0n) is 11.4. The number of amides is 1. The van der Waals surface area contributed by atoms with E-state index in [4.69, 9.17) is 0 Å². The summed E-state index contributed by atoms with van der Waals surface area (Å²) in [7, 11) is 0. The molecular weight excluding hydrogens is 226 g/mol. The second-order valence-corrected chi connectivity index (χ2v) is 4.58. The van der Waals surface area contributed by atoms with Gasteiger partial charge >= 0.3 is 0 Å². The molecule has 0 radical (unpaired) electrons. The quantitative estimate of drug-likeness (QED) is 0.777. The highest BCUT2D eigenvalue weighted by molar-refractivity contribution is 5.76. The predicted molar refractivity (Wildman–Crippen MR) is 73.2 cm³/mol. The van der Waals surface area contributed by atoms with Crippen LogP contribution < -0.4 is 10.6 Å². The fraction of sp³-hybridized carbons (Fsp3) is 0.571. The fourth-order valence-electron chi connectivity index (χ4n) is 1.62. The summed E-state index contributed by atoms with van der Waals surface area (Å²) in [5, 5.41) is 6.29. The summed E-state index contributed by atoms with van der Waals surface area (Å²) in [6.07, 6.45) is 5.04. The zero-order valence-corrected chi connectivity index (χ0v) is 11.4. The molecule has 4 nitrogen and oxygen atoms in total. The Balaban J connectivity index is 2.23. The van der Waals surface area contributed by atoms with Crippen LogP contribution in [0.25, 0.3) is 0 Å². The number of nitrogens with one attached hydrogen (secondary N) is 2. The highest BCUT2D eigenvalue weighted by Gasteiger charge is 2.07. The summed E-state index contributed by atoms with van der Waals surface area (Å²) < 4.78 is 0. The number of rotatable bonds is 7. The van der Waals surface area contributed by atoms with E-state index in [0.29, 0.717) is 13.0 Å². The summed E-state index contributed by atoms with van der Waals surface area (Å²) in [5.74, 6) is 0.110. The number of pyridine rings is 1. The van der Waals surface area contributed by atoms with Crippen molar-refractivity contribution in [3.63, 3.8) is 0 Å². The van der Waals surface area contributed by atoms with Crippen molar-refractivity contribution in [2.45, 2.75) is 45.7 Å². The minimum Gasteiger partial charge on any atom is -0.354 e. The molecule has 1 heterocycles. The van der Waals surface area contributed by atoms with Crippen LogP contribution in [-0.2, 0) is 4.79 Å². The molecule has 4 heteroatoms. The van der Waals surface area contributed by atoms with E-state index >= 15 is 0 Å². The van der Waals surface area contributed by atoms with Crippen molar-refractivity contribution in [3.05, 3.63) is 30.1 Å². The maximum Gasteiger partial charge on any atom is 0.221 e. The maximum absolute atomic E-state index is 11.6. The standard InChI is InChI=1S/C14H23N3O/c1-4-11(2)17-14(18)7-10-16-12(3)13-5-8-15-9-6-13/h5-6,8-9,11-12,16H,4,7,10H2,1-3H3,(H,17,18). The van der Waals surface area contributed by atoms with Gasteiger partial charge in [0.15, 0.2) is 0 Å². The largest absolute Gasteiger partial charge is 0.354 e. The van der Waals surface area contributed by atoms with E-state index in [2.05, 4.69) is 29.5 Å². The van der Waals surface area contributed by atoms with Crippen LogP contribution in [0.15, 0.2) is 24.5 Å². The molecule has 0 aliphatic carbocycles. The molecular formula is C14H23N3O. The summed E-state index contributed by atoms with van der Waals surface area (Å²) in [4.78, 5) is 15.6. The Labute approximate surface area is 109 Å². The topological polar surface area (TPSA) is 54.0 Å². The van der Waals surface area contributed by atoms with Gasteiger partial charge in [-0.25, -0.2) is 0 Å². The van der Waals surface area contributed by atoms with Crippen LogP contribution in [0.3, 0.4) is 0 Å². The smallest absolute Gasteiger partial charge is 0.221 e. The van der Waals surface area contributed by atoms with E-state index in [-0.39, 0.29) is 18.0 Å². The van der Waals surface area contributed by atoms with Crippen molar-refractivity contribution in [3.8, 4) is 0 Å². The molecule has 2 N–H and O–H groups in total. The third kappa shape index (κ3) is 5.27. The van der Waals surface area contributed by atoms with Gasteiger partial charge in [0.05, 0.1) is 0 Å². The first-order valence-electron chi connectivity index (χ1n) is 6.56. The van der Waals surface area contributed by atoms with Crippen molar-refractivity contribution < 1.29 is 4.79 Å². The summed E-state index contributed by atoms with van der Waals surface area (Å²) in [5.41, 5.74) is 1.19. The van der Waals surface area contributed by atoms with Gasteiger partial charge < -0.3 is 10.6 Å². The SMILES string of the molecule is CCC(C)NC(=O)CCNC(C)c1ccncc1. The normalized spacial score (nSPS) is 13.9. The lowest BCUT2D eigenvalue weighted by Gasteiger charge is -2.15. The highest BCUT2D eigenvalue weighted by Crippen LogP contribution is 2.09. The number of carbonyl (C=O) groups is 1. The van der Waals surface area contributed by atoms with Gasteiger partial charge in [-0.2, -0.15) is 0 Å². The van der Waals surface area contributed by atoms with E-state index < -0.39 is 0 Å². The van der Waals surface area contributed by atoms with E-state index in [1.165, 1.54) is 5.56 Å². The number of nitrogens with zero attached hydrogens (tertiary/aromatic N) is 1. The monoisotopic (exact) mass is 249 g/mol. The van der Waals surface area contributed by atoms with Gasteiger partial charge in [-0.1, -0.05) is 6.92 Å². The molecule has 0 aliphatic rings. The van der Waals surface area contributed by atoms with Crippen molar-refractivity contribution in [2.75, 3.05) is 6.54 Å². The maximum atomic E-state index is 11.6. The first-order valence-corrected chi connectivity index (χ1v) is 6.56. The van der Waals surface area contributed by atoms with E-state index in [1.54, 1.807) is 12.4 Å². The third-order valence-electron chi connectivity index (χ3n) is 3.03. The van der Waals surface area contributed by atoms with Gasteiger partial charge in [0.25, 0.3) is 0 Å². The molecule has 0 spiro atoms. The van der Waals surface area contributed by atoms with Gasteiger partial charge in [0.2, 0.25) is 5.91 Å². The lowest BCUT2D eigenvalue weighted by molar-refractivity contribution is -0.121. The molecule has 1 rings (SSSR count). The predicted octanol–water partition coefficient (Wildman–Crippen LogP) is 2.04. The molecule has 0 fully saturated rings. The third-order valence-corrected chi connectivity index (χ3v) is 3.03. The first-order chi connectivity index (χ1) is 8.63. The number of aromatic nitrogens is 1. The average Bonchev–Trinajstić information content (AvgIpc) is 2.39. The fourth-order valence-corrected chi connectivity index (χ4v) is 1.62. The molecule has 0 saturated heterocycles. The molecule has 100 valence electrons. The second kappa shape index (κ2) is 7.82. The highest BCUT2D eigenvalue weighted by atomic mass is 16.1. The number of carbonyl (C=O) groups excluding carboxylic acids is 1. The van der Waals surface area contributed by atoms with Crippen LogP contribution in [0.5, 0.6) is 0 Å². The van der Waals surface area contributed by atoms with Gasteiger partial charge in [-0.05, 0) is 38.0 Å².